The molecule has 1 amide bonds. The van der Waals surface area contributed by atoms with Crippen LogP contribution in [0.25, 0.3) is 0 Å². The van der Waals surface area contributed by atoms with Gasteiger partial charge in [0.25, 0.3) is 0 Å². The lowest BCUT2D eigenvalue weighted by Crippen LogP contribution is -2.27. The predicted octanol–water partition coefficient (Wildman–Crippen LogP) is 1.74. The standard InChI is InChI=1S/C13H18N4O2S2/c1-16(8-11-4-3-7-20-11)12(18)9-21-13-15-14-10-17(13)5-6-19-2/h3-4,7,10H,5-6,8-9H2,1-2H3. The summed E-state index contributed by atoms with van der Waals surface area (Å²) < 4.78 is 6.92. The zero-order valence-electron chi connectivity index (χ0n) is 12.1. The molecule has 2 heterocycles. The number of thiophene rings is 1. The fraction of sp³-hybridized carbons (Fsp3) is 0.462. The zero-order chi connectivity index (χ0) is 15.1. The summed E-state index contributed by atoms with van der Waals surface area (Å²) in [5.74, 6) is 0.433. The van der Waals surface area contributed by atoms with Crippen molar-refractivity contribution in [3.05, 3.63) is 28.7 Å². The molecular weight excluding hydrogens is 308 g/mol. The first-order valence-corrected chi connectivity index (χ1v) is 8.33. The topological polar surface area (TPSA) is 60.2 Å². The summed E-state index contributed by atoms with van der Waals surface area (Å²) in [7, 11) is 3.47. The van der Waals surface area contributed by atoms with Crippen molar-refractivity contribution in [3.63, 3.8) is 0 Å². The van der Waals surface area contributed by atoms with Gasteiger partial charge in [0.05, 0.1) is 18.9 Å². The number of ether oxygens (including phenoxy) is 1. The monoisotopic (exact) mass is 326 g/mol. The van der Waals surface area contributed by atoms with E-state index in [0.29, 0.717) is 25.4 Å². The van der Waals surface area contributed by atoms with Crippen LogP contribution in [0.4, 0.5) is 0 Å². The molecule has 0 aliphatic carbocycles. The molecule has 0 unspecified atom stereocenters. The van der Waals surface area contributed by atoms with Crippen molar-refractivity contribution in [1.29, 1.82) is 0 Å². The molecule has 2 aromatic heterocycles. The number of amides is 1. The van der Waals surface area contributed by atoms with Crippen LogP contribution in [0, 0.1) is 0 Å². The highest BCUT2D eigenvalue weighted by Gasteiger charge is 2.13. The molecule has 0 saturated carbocycles. The van der Waals surface area contributed by atoms with Crippen LogP contribution in [0.5, 0.6) is 0 Å². The molecule has 0 spiro atoms. The molecule has 8 heteroatoms. The molecule has 0 atom stereocenters. The van der Waals surface area contributed by atoms with Gasteiger partial charge in [-0.15, -0.1) is 21.5 Å². The number of hydrogen-bond donors (Lipinski definition) is 0. The Hall–Kier alpha value is -1.38. The number of aromatic nitrogens is 3. The Morgan fingerprint density at radius 3 is 3.14 bits per heavy atom. The lowest BCUT2D eigenvalue weighted by atomic mass is 10.4. The number of methoxy groups -OCH3 is 1. The van der Waals surface area contributed by atoms with Gasteiger partial charge in [-0.2, -0.15) is 0 Å². The summed E-state index contributed by atoms with van der Waals surface area (Å²) in [6, 6.07) is 4.02. The van der Waals surface area contributed by atoms with E-state index in [1.54, 1.807) is 29.7 Å². The highest BCUT2D eigenvalue weighted by atomic mass is 32.2. The van der Waals surface area contributed by atoms with Crippen molar-refractivity contribution in [1.82, 2.24) is 19.7 Å². The van der Waals surface area contributed by atoms with Gasteiger partial charge in [-0.05, 0) is 11.4 Å². The van der Waals surface area contributed by atoms with Crippen LogP contribution in [-0.2, 0) is 22.6 Å². The van der Waals surface area contributed by atoms with Crippen molar-refractivity contribution >= 4 is 29.0 Å². The molecule has 21 heavy (non-hydrogen) atoms. The Kier molecular flexibility index (Phi) is 6.21. The molecule has 0 saturated heterocycles. The third-order valence-corrected chi connectivity index (χ3v) is 4.67. The Labute approximate surface area is 132 Å². The first-order valence-electron chi connectivity index (χ1n) is 6.46. The second-order valence-corrected chi connectivity index (χ2v) is 6.39. The molecule has 0 aromatic carbocycles. The van der Waals surface area contributed by atoms with Crippen molar-refractivity contribution in [2.75, 3.05) is 26.5 Å². The van der Waals surface area contributed by atoms with Crippen molar-refractivity contribution in [2.45, 2.75) is 18.2 Å². The third kappa shape index (κ3) is 4.83. The lowest BCUT2D eigenvalue weighted by molar-refractivity contribution is -0.127. The lowest BCUT2D eigenvalue weighted by Gasteiger charge is -2.15. The van der Waals surface area contributed by atoms with E-state index in [0.717, 1.165) is 5.16 Å². The van der Waals surface area contributed by atoms with Crippen molar-refractivity contribution < 1.29 is 9.53 Å². The number of thioether (sulfide) groups is 1. The Morgan fingerprint density at radius 1 is 1.57 bits per heavy atom. The normalized spacial score (nSPS) is 10.8. The van der Waals surface area contributed by atoms with Crippen molar-refractivity contribution in [3.8, 4) is 0 Å². The Balaban J connectivity index is 1.82. The maximum atomic E-state index is 12.1. The number of carbonyl (C=O) groups is 1. The van der Waals surface area contributed by atoms with E-state index in [2.05, 4.69) is 10.2 Å². The predicted molar refractivity (Wildman–Crippen MR) is 83.4 cm³/mol. The number of hydrogen-bond acceptors (Lipinski definition) is 6. The summed E-state index contributed by atoms with van der Waals surface area (Å²) in [6.07, 6.45) is 1.65. The van der Waals surface area contributed by atoms with Crippen molar-refractivity contribution in [2.24, 2.45) is 0 Å². The smallest absolute Gasteiger partial charge is 0.233 e. The molecule has 0 aliphatic rings. The van der Waals surface area contributed by atoms with Crippen LogP contribution in [0.3, 0.4) is 0 Å². The second kappa shape index (κ2) is 8.16. The first kappa shape index (κ1) is 16.0. The van der Waals surface area contributed by atoms with Gasteiger partial charge in [-0.3, -0.25) is 4.79 Å². The van der Waals surface area contributed by atoms with E-state index >= 15 is 0 Å². The van der Waals surface area contributed by atoms with Crippen LogP contribution >= 0.6 is 23.1 Å². The van der Waals surface area contributed by atoms with Gasteiger partial charge in [0.2, 0.25) is 5.91 Å². The average Bonchev–Trinajstić information content (AvgIpc) is 3.13. The summed E-state index contributed by atoms with van der Waals surface area (Å²) in [5, 5.41) is 10.7. The summed E-state index contributed by atoms with van der Waals surface area (Å²) in [6.45, 7) is 1.93. The van der Waals surface area contributed by atoms with E-state index < -0.39 is 0 Å². The van der Waals surface area contributed by atoms with Crippen LogP contribution in [0.1, 0.15) is 4.88 Å². The molecule has 0 bridgehead atoms. The summed E-state index contributed by atoms with van der Waals surface area (Å²) in [4.78, 5) is 15.0. The molecule has 114 valence electrons. The Bertz CT molecular complexity index is 556. The fourth-order valence-corrected chi connectivity index (χ4v) is 3.30. The minimum Gasteiger partial charge on any atom is -0.383 e. The molecule has 6 nitrogen and oxygen atoms in total. The van der Waals surface area contributed by atoms with Gasteiger partial charge < -0.3 is 14.2 Å². The van der Waals surface area contributed by atoms with Gasteiger partial charge >= 0.3 is 0 Å². The Morgan fingerprint density at radius 2 is 2.43 bits per heavy atom. The van der Waals surface area contributed by atoms with Gasteiger partial charge in [0.1, 0.15) is 6.33 Å². The van der Waals surface area contributed by atoms with Gasteiger partial charge in [-0.25, -0.2) is 0 Å². The number of carbonyl (C=O) groups excluding carboxylic acids is 1. The van der Waals surface area contributed by atoms with E-state index in [1.165, 1.54) is 16.6 Å². The quantitative estimate of drug-likeness (QED) is 0.692. The highest BCUT2D eigenvalue weighted by Crippen LogP contribution is 2.16. The maximum Gasteiger partial charge on any atom is 0.233 e. The average molecular weight is 326 g/mol. The molecule has 0 aliphatic heterocycles. The van der Waals surface area contributed by atoms with E-state index in [1.807, 2.05) is 29.1 Å². The number of nitrogens with zero attached hydrogens (tertiary/aromatic N) is 4. The SMILES string of the molecule is COCCn1cnnc1SCC(=O)N(C)Cc1cccs1. The van der Waals surface area contributed by atoms with Gasteiger partial charge in [-0.1, -0.05) is 17.8 Å². The third-order valence-electron chi connectivity index (χ3n) is 2.84. The number of rotatable bonds is 8. The minimum absolute atomic E-state index is 0.0784. The molecular formula is C13H18N4O2S2. The fourth-order valence-electron chi connectivity index (χ4n) is 1.66. The van der Waals surface area contributed by atoms with Gasteiger partial charge in [0.15, 0.2) is 5.16 Å². The minimum atomic E-state index is 0.0784. The summed E-state index contributed by atoms with van der Waals surface area (Å²) >= 11 is 3.05. The van der Waals surface area contributed by atoms with Gasteiger partial charge in [0, 0.05) is 25.6 Å². The molecule has 2 rings (SSSR count). The zero-order valence-corrected chi connectivity index (χ0v) is 13.7. The first-order chi connectivity index (χ1) is 10.2. The molecule has 2 aromatic rings. The van der Waals surface area contributed by atoms with E-state index in [4.69, 9.17) is 4.74 Å². The maximum absolute atomic E-state index is 12.1. The largest absolute Gasteiger partial charge is 0.383 e. The van der Waals surface area contributed by atoms with Crippen LogP contribution in [0.15, 0.2) is 29.0 Å². The van der Waals surface area contributed by atoms with E-state index in [-0.39, 0.29) is 5.91 Å². The molecule has 0 N–H and O–H groups in total. The molecule has 0 radical (unpaired) electrons. The van der Waals surface area contributed by atoms with Crippen LogP contribution < -0.4 is 0 Å². The van der Waals surface area contributed by atoms with Crippen LogP contribution in [0.2, 0.25) is 0 Å². The van der Waals surface area contributed by atoms with Crippen LogP contribution in [-0.4, -0.2) is 52.1 Å². The summed E-state index contributed by atoms with van der Waals surface area (Å²) in [5.41, 5.74) is 0. The highest BCUT2D eigenvalue weighted by molar-refractivity contribution is 7.99. The second-order valence-electron chi connectivity index (χ2n) is 4.42. The molecule has 0 fully saturated rings. The van der Waals surface area contributed by atoms with E-state index in [9.17, 15) is 4.79 Å².